The first-order valence-corrected chi connectivity index (χ1v) is 15.9. The van der Waals surface area contributed by atoms with Crippen LogP contribution >= 0.6 is 0 Å². The summed E-state index contributed by atoms with van der Waals surface area (Å²) in [5, 5.41) is 0. The summed E-state index contributed by atoms with van der Waals surface area (Å²) in [6.07, 6.45) is 3.95. The zero-order valence-corrected chi connectivity index (χ0v) is 26.6. The monoisotopic (exact) mass is 591 g/mol. The van der Waals surface area contributed by atoms with Gasteiger partial charge in [0.1, 0.15) is 12.4 Å². The summed E-state index contributed by atoms with van der Waals surface area (Å²) in [4.78, 5) is 14.5. The van der Waals surface area contributed by atoms with E-state index in [0.717, 1.165) is 43.5 Å². The molecule has 0 fully saturated rings. The van der Waals surface area contributed by atoms with Gasteiger partial charge in [-0.1, -0.05) is 85.8 Å². The van der Waals surface area contributed by atoms with Crippen LogP contribution in [0.3, 0.4) is 0 Å². The minimum absolute atomic E-state index is 0.166. The summed E-state index contributed by atoms with van der Waals surface area (Å²) in [6.45, 7) is 5.72. The van der Waals surface area contributed by atoms with Crippen LogP contribution in [-0.2, 0) is 46.4 Å². The summed E-state index contributed by atoms with van der Waals surface area (Å²) in [6, 6.07) is 33.0. The molecule has 5 rings (SSSR count). The third-order valence-electron chi connectivity index (χ3n) is 8.66. The number of fused-ring (bicyclic) bond motifs is 2. The minimum Gasteiger partial charge on any atom is -0.492 e. The summed E-state index contributed by atoms with van der Waals surface area (Å²) in [7, 11) is 3.74. The Morgan fingerprint density at radius 2 is 1.45 bits per heavy atom. The highest BCUT2D eigenvalue weighted by molar-refractivity contribution is 5.75. The van der Waals surface area contributed by atoms with E-state index >= 15 is 0 Å². The first-order chi connectivity index (χ1) is 21.5. The summed E-state index contributed by atoms with van der Waals surface area (Å²) < 4.78 is 16.7. The molecule has 1 aliphatic rings. The Morgan fingerprint density at radius 1 is 0.818 bits per heavy atom. The lowest BCUT2D eigenvalue weighted by Gasteiger charge is -2.31. The van der Waals surface area contributed by atoms with Crippen LogP contribution in [0.4, 0.5) is 0 Å². The number of methoxy groups -OCH3 is 1. The van der Waals surface area contributed by atoms with Crippen LogP contribution < -0.4 is 4.74 Å². The van der Waals surface area contributed by atoms with E-state index in [1.807, 2.05) is 24.3 Å². The number of ether oxygens (including phenoxy) is 3. The molecule has 0 amide bonds. The number of rotatable bonds is 13. The molecule has 230 valence electrons. The smallest absolute Gasteiger partial charge is 0.335 e. The van der Waals surface area contributed by atoms with E-state index in [1.54, 1.807) is 6.92 Å². The van der Waals surface area contributed by atoms with Crippen molar-refractivity contribution in [3.05, 3.63) is 136 Å². The molecule has 5 nitrogen and oxygen atoms in total. The van der Waals surface area contributed by atoms with Gasteiger partial charge in [-0.2, -0.15) is 0 Å². The molecule has 0 N–H and O–H groups in total. The minimum atomic E-state index is -0.608. The zero-order chi connectivity index (χ0) is 30.9. The predicted octanol–water partition coefficient (Wildman–Crippen LogP) is 7.16. The maximum atomic E-state index is 12.1. The molecule has 0 aromatic heterocycles. The van der Waals surface area contributed by atoms with Crippen LogP contribution in [0.1, 0.15) is 64.4 Å². The molecule has 44 heavy (non-hydrogen) atoms. The van der Waals surface area contributed by atoms with Gasteiger partial charge >= 0.3 is 5.97 Å². The van der Waals surface area contributed by atoms with E-state index < -0.39 is 6.10 Å². The van der Waals surface area contributed by atoms with Crippen LogP contribution in [-0.4, -0.2) is 50.9 Å². The van der Waals surface area contributed by atoms with Crippen molar-refractivity contribution >= 4 is 5.97 Å². The Labute approximate surface area is 262 Å². The average Bonchev–Trinajstić information content (AvgIpc) is 3.21. The van der Waals surface area contributed by atoms with E-state index in [4.69, 9.17) is 14.2 Å². The van der Waals surface area contributed by atoms with E-state index in [0.29, 0.717) is 19.6 Å². The van der Waals surface area contributed by atoms with E-state index in [2.05, 4.69) is 85.6 Å². The van der Waals surface area contributed by atoms with Crippen LogP contribution in [0, 0.1) is 0 Å². The third-order valence-corrected chi connectivity index (χ3v) is 8.66. The number of carbonyl (C=O) groups is 1. The van der Waals surface area contributed by atoms with Crippen LogP contribution in [0.5, 0.6) is 5.75 Å². The largest absolute Gasteiger partial charge is 0.492 e. The van der Waals surface area contributed by atoms with Crippen LogP contribution in [0.15, 0.2) is 91.0 Å². The van der Waals surface area contributed by atoms with Crippen molar-refractivity contribution in [2.45, 2.75) is 58.1 Å². The molecule has 2 atom stereocenters. The normalized spacial score (nSPS) is 14.8. The highest BCUT2D eigenvalue weighted by Gasteiger charge is 2.27. The predicted molar refractivity (Wildman–Crippen MR) is 176 cm³/mol. The Kier molecular flexibility index (Phi) is 10.9. The molecule has 0 radical (unpaired) electrons. The average molecular weight is 592 g/mol. The second-order valence-corrected chi connectivity index (χ2v) is 11.6. The molecule has 4 aromatic rings. The van der Waals surface area contributed by atoms with Gasteiger partial charge in [-0.05, 0) is 96.3 Å². The van der Waals surface area contributed by atoms with Gasteiger partial charge in [0.2, 0.25) is 0 Å². The van der Waals surface area contributed by atoms with Crippen LogP contribution in [0.2, 0.25) is 0 Å². The van der Waals surface area contributed by atoms with E-state index in [9.17, 15) is 4.79 Å². The molecule has 5 heteroatoms. The summed E-state index contributed by atoms with van der Waals surface area (Å²) in [5.41, 5.74) is 10.8. The lowest BCUT2D eigenvalue weighted by molar-refractivity contribution is -0.154. The Balaban J connectivity index is 1.29. The lowest BCUT2D eigenvalue weighted by atomic mass is 9.90. The summed E-state index contributed by atoms with van der Waals surface area (Å²) in [5.74, 6) is 0.477. The topological polar surface area (TPSA) is 48.0 Å². The van der Waals surface area contributed by atoms with Crippen molar-refractivity contribution in [2.75, 3.05) is 33.9 Å². The first kappa shape index (κ1) is 31.5. The number of hydrogen-bond acceptors (Lipinski definition) is 5. The van der Waals surface area contributed by atoms with Crippen LogP contribution in [0.25, 0.3) is 0 Å². The third kappa shape index (κ3) is 7.77. The molecule has 0 bridgehead atoms. The molecule has 0 spiro atoms. The molecule has 2 unspecified atom stereocenters. The fourth-order valence-corrected chi connectivity index (χ4v) is 6.23. The molecule has 0 saturated heterocycles. The number of benzene rings is 4. The molecule has 1 aliphatic carbocycles. The second-order valence-electron chi connectivity index (χ2n) is 11.6. The van der Waals surface area contributed by atoms with Crippen molar-refractivity contribution in [2.24, 2.45) is 0 Å². The molecule has 0 saturated carbocycles. The van der Waals surface area contributed by atoms with Gasteiger partial charge in [-0.25, -0.2) is 4.79 Å². The van der Waals surface area contributed by atoms with Gasteiger partial charge in [0.05, 0.1) is 12.6 Å². The summed E-state index contributed by atoms with van der Waals surface area (Å²) >= 11 is 0. The molecule has 0 aliphatic heterocycles. The number of likely N-dealkylation sites (N-methyl/N-ethyl adjacent to an activating group) is 1. The molecule has 4 aromatic carbocycles. The van der Waals surface area contributed by atoms with Gasteiger partial charge in [-0.3, -0.25) is 4.90 Å². The number of esters is 1. The number of nitrogens with zero attached hydrogens (tertiary/aromatic N) is 1. The Morgan fingerprint density at radius 3 is 2.09 bits per heavy atom. The molecular weight excluding hydrogens is 546 g/mol. The number of carbonyl (C=O) groups excluding carboxylic acids is 1. The maximum absolute atomic E-state index is 12.1. The Hall–Kier alpha value is -3.93. The number of aryl methyl sites for hydroxylation is 3. The van der Waals surface area contributed by atoms with Gasteiger partial charge in [0.15, 0.2) is 6.10 Å². The standard InChI is InChI=1S/C39H45NO4/c1-5-28-14-20-35-32(25-28)16-17-33-26-31(24-29-10-8-7-9-11-29)15-21-36(33)38(35)40(3)22-23-44-34-18-12-30(13-19-34)27-37(42-4)39(41)43-6-2/h7-15,18-21,25-26,37-38H,5-6,16-17,22-24,27H2,1-4H3. The Bertz CT molecular complexity index is 1520. The quantitative estimate of drug-likeness (QED) is 0.155. The first-order valence-electron chi connectivity index (χ1n) is 15.9. The molecule has 0 heterocycles. The van der Waals surface area contributed by atoms with Gasteiger partial charge < -0.3 is 14.2 Å². The SMILES string of the molecule is CCOC(=O)C(Cc1ccc(OCCN(C)C2c3ccc(CC)cc3CCc3cc(Cc4ccccc4)ccc32)cc1)OC. The van der Waals surface area contributed by atoms with Gasteiger partial charge in [-0.15, -0.1) is 0 Å². The highest BCUT2D eigenvalue weighted by atomic mass is 16.6. The van der Waals surface area contributed by atoms with Crippen molar-refractivity contribution < 1.29 is 19.0 Å². The van der Waals surface area contributed by atoms with E-state index in [1.165, 1.54) is 46.1 Å². The van der Waals surface area contributed by atoms with Crippen molar-refractivity contribution in [1.82, 2.24) is 4.90 Å². The van der Waals surface area contributed by atoms with Crippen molar-refractivity contribution in [3.8, 4) is 5.75 Å². The highest BCUT2D eigenvalue weighted by Crippen LogP contribution is 2.37. The molecular formula is C39H45NO4. The maximum Gasteiger partial charge on any atom is 0.335 e. The second kappa shape index (κ2) is 15.2. The van der Waals surface area contributed by atoms with Gasteiger partial charge in [0, 0.05) is 20.1 Å². The van der Waals surface area contributed by atoms with Crippen molar-refractivity contribution in [3.63, 3.8) is 0 Å². The number of hydrogen-bond donors (Lipinski definition) is 0. The van der Waals surface area contributed by atoms with Crippen molar-refractivity contribution in [1.29, 1.82) is 0 Å². The van der Waals surface area contributed by atoms with Gasteiger partial charge in [0.25, 0.3) is 0 Å². The zero-order valence-electron chi connectivity index (χ0n) is 26.6. The fraction of sp³-hybridized carbons (Fsp3) is 0.359. The van der Waals surface area contributed by atoms with E-state index in [-0.39, 0.29) is 12.0 Å². The fourth-order valence-electron chi connectivity index (χ4n) is 6.23. The lowest BCUT2D eigenvalue weighted by Crippen LogP contribution is -2.30.